The molecule has 0 unspecified atom stereocenters. The SMILES string of the molecule is COC(=O)c1ccc(N(C(C)=O)C2(n3c(-c4ccc(Cl)cc4)nc4ccccc43)CCCCC2)c(Cl)c1. The normalized spacial score (nSPS) is 14.9. The number of amides is 1. The summed E-state index contributed by atoms with van der Waals surface area (Å²) >= 11 is 13.0. The van der Waals surface area contributed by atoms with Gasteiger partial charge in [0, 0.05) is 17.5 Å². The second kappa shape index (κ2) is 10.2. The van der Waals surface area contributed by atoms with Crippen molar-refractivity contribution < 1.29 is 14.3 Å². The van der Waals surface area contributed by atoms with Crippen molar-refractivity contribution in [3.63, 3.8) is 0 Å². The van der Waals surface area contributed by atoms with Gasteiger partial charge >= 0.3 is 5.97 Å². The highest BCUT2D eigenvalue weighted by Gasteiger charge is 2.45. The molecule has 1 aromatic heterocycles. The molecule has 0 N–H and O–H groups in total. The molecule has 0 spiro atoms. The number of hydrogen-bond acceptors (Lipinski definition) is 4. The number of halogens is 2. The highest BCUT2D eigenvalue weighted by Crippen LogP contribution is 2.46. The molecular weight excluding hydrogens is 509 g/mol. The number of carbonyl (C=O) groups excluding carboxylic acids is 2. The Morgan fingerprint density at radius 1 is 0.973 bits per heavy atom. The molecule has 4 aromatic rings. The Balaban J connectivity index is 1.79. The van der Waals surface area contributed by atoms with Crippen LogP contribution in [0.4, 0.5) is 5.69 Å². The van der Waals surface area contributed by atoms with Crippen molar-refractivity contribution >= 4 is 51.8 Å². The van der Waals surface area contributed by atoms with Crippen molar-refractivity contribution in [2.24, 2.45) is 0 Å². The van der Waals surface area contributed by atoms with Crippen LogP contribution in [0, 0.1) is 0 Å². The average molecular weight is 536 g/mol. The van der Waals surface area contributed by atoms with Crippen molar-refractivity contribution in [1.29, 1.82) is 0 Å². The van der Waals surface area contributed by atoms with Crippen LogP contribution in [0.1, 0.15) is 49.4 Å². The second-order valence-corrected chi connectivity index (χ2v) is 10.2. The Kier molecular flexibility index (Phi) is 6.97. The van der Waals surface area contributed by atoms with Gasteiger partial charge in [-0.25, -0.2) is 9.78 Å². The Labute approximate surface area is 225 Å². The predicted octanol–water partition coefficient (Wildman–Crippen LogP) is 7.47. The number of ether oxygens (including phenoxy) is 1. The number of nitrogens with zero attached hydrogens (tertiary/aromatic N) is 3. The summed E-state index contributed by atoms with van der Waals surface area (Å²) in [6.45, 7) is 1.56. The van der Waals surface area contributed by atoms with E-state index in [0.717, 1.165) is 54.5 Å². The summed E-state index contributed by atoms with van der Waals surface area (Å²) in [5, 5.41) is 0.946. The fourth-order valence-electron chi connectivity index (χ4n) is 5.53. The van der Waals surface area contributed by atoms with E-state index in [4.69, 9.17) is 32.9 Å². The van der Waals surface area contributed by atoms with E-state index in [0.29, 0.717) is 21.3 Å². The molecule has 8 heteroatoms. The van der Waals surface area contributed by atoms with E-state index >= 15 is 0 Å². The lowest BCUT2D eigenvalue weighted by Crippen LogP contribution is -2.54. The maximum absolute atomic E-state index is 13.5. The zero-order valence-corrected chi connectivity index (χ0v) is 22.2. The number of imidazole rings is 1. The molecule has 1 heterocycles. The molecule has 1 saturated carbocycles. The number of rotatable bonds is 5. The summed E-state index contributed by atoms with van der Waals surface area (Å²) in [5.74, 6) is 0.128. The van der Waals surface area contributed by atoms with Crippen molar-refractivity contribution in [3.05, 3.63) is 82.3 Å². The molecule has 6 nitrogen and oxygen atoms in total. The number of benzene rings is 3. The largest absolute Gasteiger partial charge is 0.465 e. The van der Waals surface area contributed by atoms with Gasteiger partial charge in [0.25, 0.3) is 0 Å². The van der Waals surface area contributed by atoms with Gasteiger partial charge in [0.15, 0.2) is 0 Å². The third kappa shape index (κ3) is 4.49. The van der Waals surface area contributed by atoms with Crippen LogP contribution >= 0.6 is 23.2 Å². The number of hydrogen-bond donors (Lipinski definition) is 0. The molecule has 0 radical (unpaired) electrons. The number of fused-ring (bicyclic) bond motifs is 1. The van der Waals surface area contributed by atoms with E-state index in [1.807, 2.05) is 48.5 Å². The summed E-state index contributed by atoms with van der Waals surface area (Å²) in [6, 6.07) is 20.5. The first-order valence-electron chi connectivity index (χ1n) is 12.3. The molecule has 3 aromatic carbocycles. The minimum Gasteiger partial charge on any atom is -0.465 e. The van der Waals surface area contributed by atoms with E-state index in [1.54, 1.807) is 30.0 Å². The van der Waals surface area contributed by atoms with Gasteiger partial charge < -0.3 is 4.74 Å². The van der Waals surface area contributed by atoms with Crippen LogP contribution in [0.15, 0.2) is 66.7 Å². The highest BCUT2D eigenvalue weighted by molar-refractivity contribution is 6.34. The molecule has 190 valence electrons. The molecule has 1 aliphatic carbocycles. The van der Waals surface area contributed by atoms with Crippen LogP contribution in [-0.2, 0) is 15.2 Å². The third-order valence-corrected chi connectivity index (χ3v) is 7.63. The minimum atomic E-state index is -0.758. The number of anilines is 1. The third-order valence-electron chi connectivity index (χ3n) is 7.07. The predicted molar refractivity (Wildman–Crippen MR) is 147 cm³/mol. The van der Waals surface area contributed by atoms with Crippen molar-refractivity contribution in [1.82, 2.24) is 9.55 Å². The monoisotopic (exact) mass is 535 g/mol. The van der Waals surface area contributed by atoms with Gasteiger partial charge in [0.05, 0.1) is 34.4 Å². The van der Waals surface area contributed by atoms with Crippen LogP contribution in [0.5, 0.6) is 0 Å². The molecule has 1 fully saturated rings. The summed E-state index contributed by atoms with van der Waals surface area (Å²) in [5.41, 5.74) is 2.79. The maximum atomic E-state index is 13.5. The number of carbonyl (C=O) groups is 2. The molecule has 37 heavy (non-hydrogen) atoms. The van der Waals surface area contributed by atoms with Gasteiger partial charge in [-0.15, -0.1) is 0 Å². The number of aromatic nitrogens is 2. The molecule has 0 saturated heterocycles. The first kappa shape index (κ1) is 25.3. The number of methoxy groups -OCH3 is 1. The fourth-order valence-corrected chi connectivity index (χ4v) is 5.92. The summed E-state index contributed by atoms with van der Waals surface area (Å²) < 4.78 is 7.06. The van der Waals surface area contributed by atoms with Crippen molar-refractivity contribution in [2.45, 2.75) is 44.7 Å². The van der Waals surface area contributed by atoms with Gasteiger partial charge in [-0.05, 0) is 80.3 Å². The molecular formula is C29H27Cl2N3O3. The summed E-state index contributed by atoms with van der Waals surface area (Å²) in [6.07, 6.45) is 4.40. The lowest BCUT2D eigenvalue weighted by Gasteiger charge is -2.48. The molecule has 0 bridgehead atoms. The van der Waals surface area contributed by atoms with Crippen LogP contribution in [0.2, 0.25) is 10.0 Å². The van der Waals surface area contributed by atoms with E-state index in [-0.39, 0.29) is 5.91 Å². The van der Waals surface area contributed by atoms with Crippen molar-refractivity contribution in [2.75, 3.05) is 12.0 Å². The lowest BCUT2D eigenvalue weighted by atomic mass is 9.85. The topological polar surface area (TPSA) is 64.4 Å². The minimum absolute atomic E-state index is 0.144. The van der Waals surface area contributed by atoms with Crippen LogP contribution in [-0.4, -0.2) is 28.5 Å². The Morgan fingerprint density at radius 2 is 1.68 bits per heavy atom. The average Bonchev–Trinajstić information content (AvgIpc) is 3.30. The summed E-state index contributed by atoms with van der Waals surface area (Å²) in [4.78, 5) is 32.5. The van der Waals surface area contributed by atoms with E-state index < -0.39 is 11.6 Å². The zero-order chi connectivity index (χ0) is 26.2. The first-order chi connectivity index (χ1) is 17.9. The first-order valence-corrected chi connectivity index (χ1v) is 13.0. The van der Waals surface area contributed by atoms with Gasteiger partial charge in [-0.2, -0.15) is 0 Å². The molecule has 5 rings (SSSR count). The summed E-state index contributed by atoms with van der Waals surface area (Å²) in [7, 11) is 1.32. The van der Waals surface area contributed by atoms with E-state index in [1.165, 1.54) is 7.11 Å². The van der Waals surface area contributed by atoms with Gasteiger partial charge in [0.1, 0.15) is 11.5 Å². The molecule has 1 aliphatic rings. The molecule has 1 amide bonds. The van der Waals surface area contributed by atoms with Crippen LogP contribution in [0.25, 0.3) is 22.4 Å². The standard InChI is InChI=1S/C29H27Cl2N3O3/c1-19(35)33(25-15-12-21(18-23(25)31)28(36)37-2)29(16-6-3-7-17-29)34-26-9-5-4-8-24(26)32-27(34)20-10-13-22(30)14-11-20/h4-5,8-15,18H,3,6-7,16-17H2,1-2H3. The number of esters is 1. The van der Waals surface area contributed by atoms with E-state index in [2.05, 4.69) is 4.57 Å². The Morgan fingerprint density at radius 3 is 2.32 bits per heavy atom. The maximum Gasteiger partial charge on any atom is 0.337 e. The smallest absolute Gasteiger partial charge is 0.337 e. The van der Waals surface area contributed by atoms with Gasteiger partial charge in [0.2, 0.25) is 5.91 Å². The highest BCUT2D eigenvalue weighted by atomic mass is 35.5. The fraction of sp³-hybridized carbons (Fsp3) is 0.276. The van der Waals surface area contributed by atoms with Crippen molar-refractivity contribution in [3.8, 4) is 11.4 Å². The zero-order valence-electron chi connectivity index (χ0n) is 20.7. The van der Waals surface area contributed by atoms with Crippen LogP contribution in [0.3, 0.4) is 0 Å². The van der Waals surface area contributed by atoms with Crippen LogP contribution < -0.4 is 4.90 Å². The van der Waals surface area contributed by atoms with Gasteiger partial charge in [-0.1, -0.05) is 41.8 Å². The molecule has 0 aliphatic heterocycles. The molecule has 0 atom stereocenters. The number of para-hydroxylation sites is 2. The lowest BCUT2D eigenvalue weighted by molar-refractivity contribution is -0.119. The Bertz CT molecular complexity index is 1470. The second-order valence-electron chi connectivity index (χ2n) is 9.32. The van der Waals surface area contributed by atoms with Gasteiger partial charge in [-0.3, -0.25) is 14.3 Å². The Hall–Kier alpha value is -3.35. The van der Waals surface area contributed by atoms with E-state index in [9.17, 15) is 9.59 Å². The quantitative estimate of drug-likeness (QED) is 0.248.